The number of ether oxygens (including phenoxy) is 3. The highest BCUT2D eigenvalue weighted by Crippen LogP contribution is 2.30. The molecule has 0 bridgehead atoms. The zero-order valence-electron chi connectivity index (χ0n) is 28.8. The van der Waals surface area contributed by atoms with Gasteiger partial charge in [-0.3, -0.25) is 9.59 Å². The lowest BCUT2D eigenvalue weighted by Gasteiger charge is -2.36. The number of fused-ring (bicyclic) bond motifs is 1. The molecule has 0 atom stereocenters. The number of rotatable bonds is 13. The van der Waals surface area contributed by atoms with Crippen molar-refractivity contribution in [3.8, 4) is 22.9 Å². The van der Waals surface area contributed by atoms with Gasteiger partial charge in [0.1, 0.15) is 47.6 Å². The van der Waals surface area contributed by atoms with Gasteiger partial charge in [-0.1, -0.05) is 24.3 Å². The van der Waals surface area contributed by atoms with Gasteiger partial charge in [0.05, 0.1) is 45.1 Å². The summed E-state index contributed by atoms with van der Waals surface area (Å²) in [5, 5.41) is 0.245. The van der Waals surface area contributed by atoms with Crippen LogP contribution in [0.1, 0.15) is 42.3 Å². The SMILES string of the molecule is CC[N+](CC)(CC)Cc1ccccc1COc1cc(OC)cc(-n2cc(C(=O)N(C)c3cc(F)cc(F)c3)c(=O)c3ccc(OC)cc32)c1. The van der Waals surface area contributed by atoms with Gasteiger partial charge in [-0.2, -0.15) is 0 Å². The summed E-state index contributed by atoms with van der Waals surface area (Å²) >= 11 is 0. The number of pyridine rings is 1. The summed E-state index contributed by atoms with van der Waals surface area (Å²) in [4.78, 5) is 28.6. The van der Waals surface area contributed by atoms with Crippen LogP contribution in [0.5, 0.6) is 17.2 Å². The molecule has 4 aromatic carbocycles. The third-order valence-corrected chi connectivity index (χ3v) is 9.39. The van der Waals surface area contributed by atoms with E-state index in [1.165, 1.54) is 25.9 Å². The van der Waals surface area contributed by atoms with E-state index >= 15 is 0 Å². The Bertz CT molecular complexity index is 2010. The van der Waals surface area contributed by atoms with E-state index in [-0.39, 0.29) is 16.6 Å². The highest BCUT2D eigenvalue weighted by molar-refractivity contribution is 6.07. The second-order valence-electron chi connectivity index (χ2n) is 12.0. The number of benzene rings is 4. The molecule has 0 unspecified atom stereocenters. The van der Waals surface area contributed by atoms with Crippen LogP contribution in [-0.2, 0) is 13.2 Å². The molecule has 1 heterocycles. The van der Waals surface area contributed by atoms with Crippen molar-refractivity contribution < 1.29 is 32.3 Å². The van der Waals surface area contributed by atoms with Crippen molar-refractivity contribution in [1.82, 2.24) is 4.57 Å². The van der Waals surface area contributed by atoms with Crippen LogP contribution < -0.4 is 24.5 Å². The summed E-state index contributed by atoms with van der Waals surface area (Å²) in [6, 6.07) is 21.3. The Morgan fingerprint density at radius 1 is 0.796 bits per heavy atom. The zero-order chi connectivity index (χ0) is 35.3. The quantitative estimate of drug-likeness (QED) is 0.121. The fourth-order valence-corrected chi connectivity index (χ4v) is 6.11. The van der Waals surface area contributed by atoms with Crippen LogP contribution in [0.15, 0.2) is 89.9 Å². The highest BCUT2D eigenvalue weighted by Gasteiger charge is 2.24. The molecule has 1 amide bonds. The molecule has 0 aliphatic heterocycles. The van der Waals surface area contributed by atoms with Gasteiger partial charge in [-0.05, 0) is 50.6 Å². The zero-order valence-corrected chi connectivity index (χ0v) is 28.8. The second-order valence-corrected chi connectivity index (χ2v) is 12.0. The molecule has 0 spiro atoms. The molecule has 10 heteroatoms. The number of quaternary nitrogens is 1. The first-order valence-electron chi connectivity index (χ1n) is 16.3. The minimum absolute atomic E-state index is 0.0338. The van der Waals surface area contributed by atoms with Crippen molar-refractivity contribution in [3.05, 3.63) is 124 Å². The molecule has 0 N–H and O–H groups in total. The summed E-state index contributed by atoms with van der Waals surface area (Å²) in [5.41, 5.74) is 2.54. The Balaban J connectivity index is 1.58. The average Bonchev–Trinajstić information content (AvgIpc) is 3.12. The lowest BCUT2D eigenvalue weighted by Crippen LogP contribution is -2.46. The van der Waals surface area contributed by atoms with Gasteiger partial charge in [-0.25, -0.2) is 8.78 Å². The summed E-state index contributed by atoms with van der Waals surface area (Å²) in [7, 11) is 4.43. The molecular weight excluding hydrogens is 628 g/mol. The number of amides is 1. The highest BCUT2D eigenvalue weighted by atomic mass is 19.1. The molecular formula is C39H42F2N3O5+. The molecule has 1 aromatic heterocycles. The van der Waals surface area contributed by atoms with Gasteiger partial charge in [0.25, 0.3) is 5.91 Å². The van der Waals surface area contributed by atoms with Crippen molar-refractivity contribution in [3.63, 3.8) is 0 Å². The third kappa shape index (κ3) is 7.44. The Hall–Kier alpha value is -5.22. The van der Waals surface area contributed by atoms with Gasteiger partial charge in [0.15, 0.2) is 0 Å². The standard InChI is InChI=1S/C39H42F2N3O5/c1-7-44(8-2,9-3)24-26-12-10-11-13-27(26)25-49-34-20-31(19-33(21-34)48-6)43-23-36(38(45)35-15-14-32(47-5)22-37(35)43)39(46)42(4)30-17-28(40)16-29(41)18-30/h10-23H,7-9,24-25H2,1-6H3/q+1. The van der Waals surface area contributed by atoms with Crippen molar-refractivity contribution in [2.45, 2.75) is 33.9 Å². The van der Waals surface area contributed by atoms with E-state index in [0.717, 1.165) is 53.3 Å². The van der Waals surface area contributed by atoms with Gasteiger partial charge >= 0.3 is 0 Å². The van der Waals surface area contributed by atoms with Gasteiger partial charge in [0.2, 0.25) is 5.43 Å². The van der Waals surface area contributed by atoms with Crippen molar-refractivity contribution in [1.29, 1.82) is 0 Å². The average molecular weight is 671 g/mol. The number of methoxy groups -OCH3 is 2. The van der Waals surface area contributed by atoms with Crippen LogP contribution in [0.25, 0.3) is 16.6 Å². The minimum atomic E-state index is -0.844. The minimum Gasteiger partial charge on any atom is -0.497 e. The van der Waals surface area contributed by atoms with Crippen LogP contribution >= 0.6 is 0 Å². The lowest BCUT2D eigenvalue weighted by molar-refractivity contribution is -0.936. The molecule has 5 aromatic rings. The van der Waals surface area contributed by atoms with Crippen LogP contribution in [0.2, 0.25) is 0 Å². The van der Waals surface area contributed by atoms with Crippen LogP contribution in [0.4, 0.5) is 14.5 Å². The van der Waals surface area contributed by atoms with E-state index in [1.54, 1.807) is 48.1 Å². The maximum atomic E-state index is 14.0. The largest absolute Gasteiger partial charge is 0.497 e. The number of halogens is 2. The number of aromatic nitrogens is 1. The fourth-order valence-electron chi connectivity index (χ4n) is 6.11. The predicted octanol–water partition coefficient (Wildman–Crippen LogP) is 7.52. The number of hydrogen-bond donors (Lipinski definition) is 0. The predicted molar refractivity (Wildman–Crippen MR) is 188 cm³/mol. The first-order chi connectivity index (χ1) is 23.5. The topological polar surface area (TPSA) is 70.0 Å². The molecule has 8 nitrogen and oxygen atoms in total. The molecule has 0 aliphatic carbocycles. The van der Waals surface area contributed by atoms with Crippen molar-refractivity contribution >= 4 is 22.5 Å². The normalized spacial score (nSPS) is 11.4. The third-order valence-electron chi connectivity index (χ3n) is 9.39. The van der Waals surface area contributed by atoms with Crippen LogP contribution in [0.3, 0.4) is 0 Å². The Morgan fingerprint density at radius 2 is 1.43 bits per heavy atom. The maximum Gasteiger partial charge on any atom is 0.263 e. The number of nitrogens with zero attached hydrogens (tertiary/aromatic N) is 3. The smallest absolute Gasteiger partial charge is 0.263 e. The monoisotopic (exact) mass is 670 g/mol. The number of anilines is 1. The first-order valence-corrected chi connectivity index (χ1v) is 16.3. The molecule has 0 saturated heterocycles. The summed E-state index contributed by atoms with van der Waals surface area (Å²) in [6.07, 6.45) is 1.42. The first kappa shape index (κ1) is 35.1. The molecule has 49 heavy (non-hydrogen) atoms. The Morgan fingerprint density at radius 3 is 2.06 bits per heavy atom. The maximum absolute atomic E-state index is 14.0. The van der Waals surface area contributed by atoms with E-state index in [4.69, 9.17) is 14.2 Å². The molecule has 5 rings (SSSR count). The summed E-state index contributed by atoms with van der Waals surface area (Å²) in [6.45, 7) is 11.0. The molecule has 256 valence electrons. The van der Waals surface area contributed by atoms with E-state index in [1.807, 2.05) is 6.07 Å². The van der Waals surface area contributed by atoms with Crippen LogP contribution in [-0.4, -0.2) is 55.9 Å². The van der Waals surface area contributed by atoms with Crippen LogP contribution in [0, 0.1) is 11.6 Å². The Kier molecular flexibility index (Phi) is 10.7. The molecule has 0 aliphatic rings. The van der Waals surface area contributed by atoms with E-state index in [2.05, 4.69) is 39.0 Å². The van der Waals surface area contributed by atoms with Gasteiger partial charge < -0.3 is 28.2 Å². The molecule has 0 radical (unpaired) electrons. The van der Waals surface area contributed by atoms with Crippen molar-refractivity contribution in [2.24, 2.45) is 0 Å². The van der Waals surface area contributed by atoms with Crippen molar-refractivity contribution in [2.75, 3.05) is 45.8 Å². The van der Waals surface area contributed by atoms with Gasteiger partial charge in [0, 0.05) is 60.2 Å². The van der Waals surface area contributed by atoms with Gasteiger partial charge in [-0.15, -0.1) is 0 Å². The number of carbonyl (C=O) groups is 1. The summed E-state index contributed by atoms with van der Waals surface area (Å²) in [5.74, 6) is -0.912. The molecule has 0 fully saturated rings. The van der Waals surface area contributed by atoms with E-state index < -0.39 is 23.0 Å². The second kappa shape index (κ2) is 14.9. The number of carbonyl (C=O) groups excluding carboxylic acids is 1. The number of hydrogen-bond acceptors (Lipinski definition) is 5. The molecule has 0 saturated carbocycles. The Labute approximate surface area is 285 Å². The van der Waals surface area contributed by atoms with E-state index in [9.17, 15) is 18.4 Å². The lowest BCUT2D eigenvalue weighted by atomic mass is 10.1. The van der Waals surface area contributed by atoms with E-state index in [0.29, 0.717) is 41.1 Å². The fraction of sp³-hybridized carbons (Fsp3) is 0.282. The summed E-state index contributed by atoms with van der Waals surface area (Å²) < 4.78 is 48.2.